The highest BCUT2D eigenvalue weighted by atomic mass is 17.1. The number of carbonyl (C=O) groups is 2. The first kappa shape index (κ1) is 28.4. The summed E-state index contributed by atoms with van der Waals surface area (Å²) in [5.74, 6) is -1.89. The number of esters is 1. The van der Waals surface area contributed by atoms with Crippen LogP contribution in [0.4, 0.5) is 4.79 Å². The van der Waals surface area contributed by atoms with E-state index in [1.54, 1.807) is 0 Å². The van der Waals surface area contributed by atoms with E-state index in [1.165, 1.54) is 13.8 Å². The van der Waals surface area contributed by atoms with Crippen molar-refractivity contribution in [1.29, 1.82) is 0 Å². The number of aryl methyl sites for hydroxylation is 1. The molecule has 0 aliphatic heterocycles. The Hall–Kier alpha value is -2.61. The quantitative estimate of drug-likeness (QED) is 0.105. The van der Waals surface area contributed by atoms with Gasteiger partial charge in [-0.15, -0.1) is 0 Å². The Morgan fingerprint density at radius 3 is 2.33 bits per heavy atom. The van der Waals surface area contributed by atoms with Gasteiger partial charge in [0, 0.05) is 0 Å². The molecule has 33 heavy (non-hydrogen) atoms. The number of nitrogens with one attached hydrogen (secondary N) is 1. The summed E-state index contributed by atoms with van der Waals surface area (Å²) >= 11 is 0. The number of alkyl carbamates (subject to hydrolysis) is 1. The molecule has 0 bridgehead atoms. The first-order valence-corrected chi connectivity index (χ1v) is 9.52. The SMILES string of the molecule is Cc1oc(=O)oc1COC(=O)C(NC(=O)OCCCCC(CON(O)O)ON(O)O)C(C)O. The lowest BCUT2D eigenvalue weighted by molar-refractivity contribution is -0.527. The summed E-state index contributed by atoms with van der Waals surface area (Å²) in [5, 5.41) is 45.1. The Morgan fingerprint density at radius 2 is 1.79 bits per heavy atom. The van der Waals surface area contributed by atoms with Gasteiger partial charge in [-0.05, 0) is 33.1 Å². The number of aliphatic hydroxyl groups excluding tert-OH is 1. The number of hydrogen-bond acceptors (Lipinski definition) is 16. The largest absolute Gasteiger partial charge is 0.519 e. The van der Waals surface area contributed by atoms with Gasteiger partial charge in [0.2, 0.25) is 0 Å². The summed E-state index contributed by atoms with van der Waals surface area (Å²) in [6.07, 6.45) is -2.60. The lowest BCUT2D eigenvalue weighted by atomic mass is 10.2. The van der Waals surface area contributed by atoms with E-state index >= 15 is 0 Å². The van der Waals surface area contributed by atoms with E-state index in [0.717, 1.165) is 0 Å². The molecule has 0 spiro atoms. The number of rotatable bonds is 15. The van der Waals surface area contributed by atoms with Crippen LogP contribution < -0.4 is 11.1 Å². The van der Waals surface area contributed by atoms with E-state index in [9.17, 15) is 19.5 Å². The first-order valence-electron chi connectivity index (χ1n) is 9.52. The summed E-state index contributed by atoms with van der Waals surface area (Å²) in [5.41, 5.74) is 0. The molecule has 17 nitrogen and oxygen atoms in total. The molecule has 0 radical (unpaired) electrons. The zero-order chi connectivity index (χ0) is 25.0. The maximum atomic E-state index is 12.1. The van der Waals surface area contributed by atoms with E-state index < -0.39 is 60.1 Å². The predicted molar refractivity (Wildman–Crippen MR) is 97.2 cm³/mol. The molecule has 1 aromatic heterocycles. The van der Waals surface area contributed by atoms with Crippen LogP contribution in [0.25, 0.3) is 0 Å². The molecule has 17 heteroatoms. The van der Waals surface area contributed by atoms with Gasteiger partial charge in [-0.1, -0.05) is 0 Å². The van der Waals surface area contributed by atoms with Crippen molar-refractivity contribution in [2.45, 2.75) is 58.0 Å². The lowest BCUT2D eigenvalue weighted by Gasteiger charge is -2.20. The van der Waals surface area contributed by atoms with E-state index in [0.29, 0.717) is 6.42 Å². The highest BCUT2D eigenvalue weighted by molar-refractivity contribution is 5.81. The Kier molecular flexibility index (Phi) is 12.5. The monoisotopic (exact) mass is 485 g/mol. The molecule has 0 aliphatic carbocycles. The molecule has 0 aliphatic rings. The minimum absolute atomic E-state index is 0.0239. The number of amides is 1. The van der Waals surface area contributed by atoms with Crippen LogP contribution in [0.5, 0.6) is 0 Å². The molecule has 1 aromatic rings. The Labute approximate surface area is 185 Å². The fourth-order valence-corrected chi connectivity index (χ4v) is 2.37. The molecule has 190 valence electrons. The molecule has 0 fully saturated rings. The second-order valence-electron chi connectivity index (χ2n) is 6.56. The molecule has 0 saturated heterocycles. The third-order valence-corrected chi connectivity index (χ3v) is 3.96. The maximum absolute atomic E-state index is 12.1. The topological polar surface area (TPSA) is 234 Å². The number of hydrogen-bond donors (Lipinski definition) is 6. The highest BCUT2D eigenvalue weighted by Gasteiger charge is 2.28. The smallest absolute Gasteiger partial charge is 0.456 e. The number of ether oxygens (including phenoxy) is 2. The third kappa shape index (κ3) is 11.7. The Morgan fingerprint density at radius 1 is 1.09 bits per heavy atom. The standard InChI is InChI=1S/C16H27N3O14/c1-9(20)13(14(21)29-8-12-10(2)31-16(23)32-12)17-15(22)28-6-4-3-5-11(33-19(26)27)7-30-18(24)25/h9,11,13,20,24-27H,3-8H2,1-2H3,(H,17,22). The molecular formula is C16H27N3O14. The number of nitrogens with zero attached hydrogens (tertiary/aromatic N) is 2. The van der Waals surface area contributed by atoms with Crippen LogP contribution in [0, 0.1) is 6.92 Å². The minimum atomic E-state index is -1.47. The molecular weight excluding hydrogens is 458 g/mol. The van der Waals surface area contributed by atoms with Gasteiger partial charge in [-0.25, -0.2) is 24.1 Å². The van der Waals surface area contributed by atoms with Crippen molar-refractivity contribution in [3.05, 3.63) is 22.1 Å². The minimum Gasteiger partial charge on any atom is -0.456 e. The van der Waals surface area contributed by atoms with E-state index in [4.69, 9.17) is 30.3 Å². The summed E-state index contributed by atoms with van der Waals surface area (Å²) in [7, 11) is 0. The average molecular weight is 485 g/mol. The third-order valence-electron chi connectivity index (χ3n) is 3.96. The van der Waals surface area contributed by atoms with Gasteiger partial charge in [0.25, 0.3) is 0 Å². The van der Waals surface area contributed by atoms with Crippen molar-refractivity contribution in [3.8, 4) is 0 Å². The zero-order valence-electron chi connectivity index (χ0n) is 17.8. The Bertz CT molecular complexity index is 777. The van der Waals surface area contributed by atoms with Crippen LogP contribution in [-0.4, -0.2) is 80.2 Å². The van der Waals surface area contributed by atoms with Crippen molar-refractivity contribution < 1.29 is 63.5 Å². The lowest BCUT2D eigenvalue weighted by Crippen LogP contribution is -2.48. The highest BCUT2D eigenvalue weighted by Crippen LogP contribution is 2.09. The normalized spacial score (nSPS) is 14.2. The van der Waals surface area contributed by atoms with Gasteiger partial charge in [-0.3, -0.25) is 20.8 Å². The predicted octanol–water partition coefficient (Wildman–Crippen LogP) is -0.377. The van der Waals surface area contributed by atoms with Gasteiger partial charge >= 0.3 is 17.9 Å². The van der Waals surface area contributed by atoms with Crippen LogP contribution in [0.3, 0.4) is 0 Å². The van der Waals surface area contributed by atoms with Crippen LogP contribution >= 0.6 is 0 Å². The summed E-state index contributed by atoms with van der Waals surface area (Å²) in [6, 6.07) is -1.47. The fourth-order valence-electron chi connectivity index (χ4n) is 2.37. The van der Waals surface area contributed by atoms with Gasteiger partial charge in [0.15, 0.2) is 24.2 Å². The van der Waals surface area contributed by atoms with Crippen LogP contribution in [0.2, 0.25) is 0 Å². The van der Waals surface area contributed by atoms with Crippen LogP contribution in [0.15, 0.2) is 13.6 Å². The summed E-state index contributed by atoms with van der Waals surface area (Å²) < 4.78 is 19.1. The van der Waals surface area contributed by atoms with E-state index in [2.05, 4.69) is 23.8 Å². The van der Waals surface area contributed by atoms with Crippen LogP contribution in [0.1, 0.15) is 37.7 Å². The molecule has 0 aromatic carbocycles. The first-order chi connectivity index (χ1) is 15.5. The van der Waals surface area contributed by atoms with Gasteiger partial charge in [0.05, 0.1) is 23.5 Å². The van der Waals surface area contributed by atoms with Crippen molar-refractivity contribution >= 4 is 12.1 Å². The molecule has 0 saturated carbocycles. The summed E-state index contributed by atoms with van der Waals surface area (Å²) in [6.45, 7) is 1.66. The second kappa shape index (κ2) is 14.5. The second-order valence-corrected chi connectivity index (χ2v) is 6.56. The van der Waals surface area contributed by atoms with Gasteiger partial charge in [-0.2, -0.15) is 0 Å². The molecule has 1 heterocycles. The van der Waals surface area contributed by atoms with Gasteiger partial charge < -0.3 is 28.7 Å². The number of unbranched alkanes of at least 4 members (excludes halogenated alkanes) is 1. The van der Waals surface area contributed by atoms with E-state index in [-0.39, 0.29) is 31.0 Å². The number of aliphatic hydroxyl groups is 1. The fraction of sp³-hybridized carbons (Fsp3) is 0.688. The van der Waals surface area contributed by atoms with Crippen LogP contribution in [-0.2, 0) is 30.6 Å². The number of carbonyl (C=O) groups excluding carboxylic acids is 2. The molecule has 3 unspecified atom stereocenters. The maximum Gasteiger partial charge on any atom is 0.519 e. The molecule has 3 atom stereocenters. The van der Waals surface area contributed by atoms with Crippen molar-refractivity contribution in [1.82, 2.24) is 16.1 Å². The van der Waals surface area contributed by atoms with Crippen molar-refractivity contribution in [2.24, 2.45) is 0 Å². The van der Waals surface area contributed by atoms with Crippen molar-refractivity contribution in [2.75, 3.05) is 13.2 Å². The molecule has 6 N–H and O–H groups in total. The Balaban J connectivity index is 2.39. The molecule has 1 rings (SSSR count). The zero-order valence-corrected chi connectivity index (χ0v) is 17.8. The van der Waals surface area contributed by atoms with Crippen molar-refractivity contribution in [3.63, 3.8) is 0 Å². The average Bonchev–Trinajstić information content (AvgIpc) is 3.04. The molecule has 1 amide bonds. The summed E-state index contributed by atoms with van der Waals surface area (Å²) in [4.78, 5) is 43.9. The van der Waals surface area contributed by atoms with Gasteiger partial charge in [0.1, 0.15) is 12.7 Å². The van der Waals surface area contributed by atoms with E-state index in [1.807, 2.05) is 0 Å².